The second-order valence-corrected chi connectivity index (χ2v) is 7.98. The molecule has 0 aromatic heterocycles. The minimum absolute atomic E-state index is 0.395. The number of hydrogen-bond acceptors (Lipinski definition) is 2. The molecule has 20 heavy (non-hydrogen) atoms. The Hall–Kier alpha value is -0.0800. The first kappa shape index (κ1) is 16.3. The van der Waals surface area contributed by atoms with Crippen molar-refractivity contribution >= 4 is 0 Å². The van der Waals surface area contributed by atoms with Crippen LogP contribution in [0.3, 0.4) is 0 Å². The number of nitrogens with two attached hydrogens (primary N) is 1. The summed E-state index contributed by atoms with van der Waals surface area (Å²) in [6.45, 7) is 12.3. The van der Waals surface area contributed by atoms with E-state index in [0.29, 0.717) is 17.4 Å². The molecule has 2 nitrogen and oxygen atoms in total. The fraction of sp³-hybridized carbons (Fsp3) is 1.00. The Balaban J connectivity index is 2.00. The average Bonchev–Trinajstić information content (AvgIpc) is 2.42. The first-order valence-corrected chi connectivity index (χ1v) is 8.96. The summed E-state index contributed by atoms with van der Waals surface area (Å²) >= 11 is 0. The molecule has 1 saturated heterocycles. The number of nitrogens with zero attached hydrogens (tertiary/aromatic N) is 1. The van der Waals surface area contributed by atoms with Crippen molar-refractivity contribution in [3.63, 3.8) is 0 Å². The lowest BCUT2D eigenvalue weighted by molar-refractivity contribution is 0.00922. The highest BCUT2D eigenvalue weighted by atomic mass is 15.2. The second-order valence-electron chi connectivity index (χ2n) is 7.98. The number of rotatable bonds is 4. The molecule has 2 aliphatic rings. The van der Waals surface area contributed by atoms with Crippen molar-refractivity contribution in [1.82, 2.24) is 4.90 Å². The topological polar surface area (TPSA) is 29.3 Å². The van der Waals surface area contributed by atoms with Crippen LogP contribution < -0.4 is 5.73 Å². The average molecular weight is 280 g/mol. The van der Waals surface area contributed by atoms with Crippen LogP contribution in [-0.4, -0.2) is 30.1 Å². The molecule has 2 heteroatoms. The molecule has 2 N–H and O–H groups in total. The van der Waals surface area contributed by atoms with Gasteiger partial charge in [0.2, 0.25) is 0 Å². The molecular weight excluding hydrogens is 244 g/mol. The molecule has 0 aromatic rings. The molecule has 2 fully saturated rings. The lowest BCUT2D eigenvalue weighted by Crippen LogP contribution is -2.52. The molecule has 1 saturated carbocycles. The van der Waals surface area contributed by atoms with Gasteiger partial charge in [-0.1, -0.05) is 40.5 Å². The first-order valence-electron chi connectivity index (χ1n) is 8.96. The van der Waals surface area contributed by atoms with Crippen molar-refractivity contribution in [2.45, 2.75) is 84.7 Å². The summed E-state index contributed by atoms with van der Waals surface area (Å²) in [4.78, 5) is 2.82. The largest absolute Gasteiger partial charge is 0.327 e. The van der Waals surface area contributed by atoms with Crippen LogP contribution in [0.1, 0.15) is 72.6 Å². The highest BCUT2D eigenvalue weighted by molar-refractivity contribution is 4.95. The van der Waals surface area contributed by atoms with Crippen molar-refractivity contribution in [3.05, 3.63) is 0 Å². The predicted octanol–water partition coefficient (Wildman–Crippen LogP) is 4.04. The van der Waals surface area contributed by atoms with Crippen molar-refractivity contribution < 1.29 is 0 Å². The van der Waals surface area contributed by atoms with Gasteiger partial charge in [0.05, 0.1) is 0 Å². The van der Waals surface area contributed by atoms with Gasteiger partial charge in [-0.25, -0.2) is 0 Å². The van der Waals surface area contributed by atoms with Crippen molar-refractivity contribution in [1.29, 1.82) is 0 Å². The van der Waals surface area contributed by atoms with E-state index in [2.05, 4.69) is 32.6 Å². The molecule has 4 atom stereocenters. The summed E-state index contributed by atoms with van der Waals surface area (Å²) in [6, 6.07) is 1.27. The van der Waals surface area contributed by atoms with Crippen LogP contribution in [0.15, 0.2) is 0 Å². The van der Waals surface area contributed by atoms with Gasteiger partial charge >= 0.3 is 0 Å². The van der Waals surface area contributed by atoms with E-state index in [9.17, 15) is 0 Å². The van der Waals surface area contributed by atoms with Gasteiger partial charge in [-0.3, -0.25) is 0 Å². The zero-order chi connectivity index (χ0) is 14.8. The zero-order valence-corrected chi connectivity index (χ0v) is 14.2. The van der Waals surface area contributed by atoms with Crippen LogP contribution in [0.2, 0.25) is 0 Å². The summed E-state index contributed by atoms with van der Waals surface area (Å²) < 4.78 is 0. The van der Waals surface area contributed by atoms with Crippen LogP contribution in [0.25, 0.3) is 0 Å². The number of hydrogen-bond donors (Lipinski definition) is 1. The molecule has 2 rings (SSSR count). The first-order chi connectivity index (χ1) is 9.46. The smallest absolute Gasteiger partial charge is 0.00952 e. The van der Waals surface area contributed by atoms with Crippen molar-refractivity contribution in [2.75, 3.05) is 13.1 Å². The summed E-state index contributed by atoms with van der Waals surface area (Å²) in [6.07, 6.45) is 9.54. The molecule has 0 spiro atoms. The Kier molecular flexibility index (Phi) is 5.53. The van der Waals surface area contributed by atoms with Crippen LogP contribution in [0, 0.1) is 17.3 Å². The molecule has 1 heterocycles. The Labute approximate surface area is 126 Å². The minimum atomic E-state index is 0.395. The Morgan fingerprint density at radius 3 is 2.60 bits per heavy atom. The lowest BCUT2D eigenvalue weighted by atomic mass is 9.61. The molecule has 1 aliphatic carbocycles. The Bertz CT molecular complexity index is 298. The number of piperidine rings is 1. The SMILES string of the molecule is CCCC1CCCCN1CC1CCC(N)C(C)C1(C)C. The standard InChI is InChI=1S/C18H36N2/c1-5-8-16-9-6-7-12-20(16)13-15-10-11-17(19)14(2)18(15,3)4/h14-17H,5-13,19H2,1-4H3. The van der Waals surface area contributed by atoms with Gasteiger partial charge < -0.3 is 10.6 Å². The van der Waals surface area contributed by atoms with E-state index >= 15 is 0 Å². The normalized spacial score (nSPS) is 38.9. The van der Waals surface area contributed by atoms with Crippen LogP contribution >= 0.6 is 0 Å². The molecule has 118 valence electrons. The van der Waals surface area contributed by atoms with Gasteiger partial charge in [0, 0.05) is 18.6 Å². The van der Waals surface area contributed by atoms with Crippen molar-refractivity contribution in [2.24, 2.45) is 23.0 Å². The molecular formula is C18H36N2. The monoisotopic (exact) mass is 280 g/mol. The van der Waals surface area contributed by atoms with Gasteiger partial charge in [-0.05, 0) is 55.9 Å². The fourth-order valence-corrected chi connectivity index (χ4v) is 4.51. The van der Waals surface area contributed by atoms with E-state index in [1.165, 1.54) is 58.0 Å². The summed E-state index contributed by atoms with van der Waals surface area (Å²) in [7, 11) is 0. The van der Waals surface area contributed by atoms with Gasteiger partial charge in [-0.15, -0.1) is 0 Å². The highest BCUT2D eigenvalue weighted by Gasteiger charge is 2.42. The third-order valence-corrected chi connectivity index (χ3v) is 6.54. The van der Waals surface area contributed by atoms with E-state index < -0.39 is 0 Å². The molecule has 1 aliphatic heterocycles. The summed E-state index contributed by atoms with van der Waals surface area (Å²) in [5, 5.41) is 0. The van der Waals surface area contributed by atoms with Gasteiger partial charge in [-0.2, -0.15) is 0 Å². The fourth-order valence-electron chi connectivity index (χ4n) is 4.51. The molecule has 0 amide bonds. The van der Waals surface area contributed by atoms with E-state index in [1.54, 1.807) is 0 Å². The zero-order valence-electron chi connectivity index (χ0n) is 14.2. The van der Waals surface area contributed by atoms with Gasteiger partial charge in [0.15, 0.2) is 0 Å². The third-order valence-electron chi connectivity index (χ3n) is 6.54. The van der Waals surface area contributed by atoms with Crippen LogP contribution in [0.5, 0.6) is 0 Å². The van der Waals surface area contributed by atoms with Crippen LogP contribution in [0.4, 0.5) is 0 Å². The maximum Gasteiger partial charge on any atom is 0.00952 e. The molecule has 0 bridgehead atoms. The van der Waals surface area contributed by atoms with E-state index in [-0.39, 0.29) is 0 Å². The maximum absolute atomic E-state index is 6.31. The quantitative estimate of drug-likeness (QED) is 0.842. The van der Waals surface area contributed by atoms with Gasteiger partial charge in [0.25, 0.3) is 0 Å². The van der Waals surface area contributed by atoms with E-state index in [4.69, 9.17) is 5.73 Å². The van der Waals surface area contributed by atoms with Crippen molar-refractivity contribution in [3.8, 4) is 0 Å². The highest BCUT2D eigenvalue weighted by Crippen LogP contribution is 2.45. The number of likely N-dealkylation sites (tertiary alicyclic amines) is 1. The Morgan fingerprint density at radius 2 is 1.90 bits per heavy atom. The molecule has 0 aromatic carbocycles. The Morgan fingerprint density at radius 1 is 1.15 bits per heavy atom. The predicted molar refractivity (Wildman–Crippen MR) is 87.8 cm³/mol. The van der Waals surface area contributed by atoms with Gasteiger partial charge in [0.1, 0.15) is 0 Å². The van der Waals surface area contributed by atoms with E-state index in [1.807, 2.05) is 0 Å². The maximum atomic E-state index is 6.31. The summed E-state index contributed by atoms with van der Waals surface area (Å²) in [5.74, 6) is 1.48. The third kappa shape index (κ3) is 3.39. The molecule has 0 radical (unpaired) electrons. The summed E-state index contributed by atoms with van der Waals surface area (Å²) in [5.41, 5.74) is 6.71. The lowest BCUT2D eigenvalue weighted by Gasteiger charge is -2.50. The second kappa shape index (κ2) is 6.79. The molecule has 4 unspecified atom stereocenters. The van der Waals surface area contributed by atoms with Crippen LogP contribution in [-0.2, 0) is 0 Å². The van der Waals surface area contributed by atoms with E-state index in [0.717, 1.165) is 12.0 Å². The minimum Gasteiger partial charge on any atom is -0.327 e.